The first kappa shape index (κ1) is 10.9. The zero-order valence-electron chi connectivity index (χ0n) is 8.14. The molecule has 2 nitrogen and oxygen atoms in total. The van der Waals surface area contributed by atoms with Gasteiger partial charge in [-0.3, -0.25) is 0 Å². The quantitative estimate of drug-likeness (QED) is 0.592. The van der Waals surface area contributed by atoms with Crippen LogP contribution in [0.15, 0.2) is 0 Å². The second kappa shape index (κ2) is 5.56. The van der Waals surface area contributed by atoms with Gasteiger partial charge in [-0.1, -0.05) is 13.8 Å². The van der Waals surface area contributed by atoms with Crippen molar-refractivity contribution in [2.75, 3.05) is 26.9 Å². The summed E-state index contributed by atoms with van der Waals surface area (Å²) in [5, 5.41) is 0. The van der Waals surface area contributed by atoms with Crippen LogP contribution in [0.1, 0.15) is 27.2 Å². The Morgan fingerprint density at radius 2 is 1.82 bits per heavy atom. The molecular formula is C9H20O2. The molecule has 0 aromatic carbocycles. The van der Waals surface area contributed by atoms with Crippen molar-refractivity contribution in [1.82, 2.24) is 0 Å². The van der Waals surface area contributed by atoms with Gasteiger partial charge in [0.1, 0.15) is 0 Å². The van der Waals surface area contributed by atoms with Gasteiger partial charge in [-0.2, -0.15) is 0 Å². The highest BCUT2D eigenvalue weighted by molar-refractivity contribution is 4.70. The van der Waals surface area contributed by atoms with Crippen molar-refractivity contribution in [3.8, 4) is 0 Å². The summed E-state index contributed by atoms with van der Waals surface area (Å²) in [6.45, 7) is 8.74. The van der Waals surface area contributed by atoms with Crippen LogP contribution in [0.2, 0.25) is 0 Å². The molecule has 1 atom stereocenters. The molecule has 0 rings (SSSR count). The normalized spacial score (nSPS) is 16.4. The fourth-order valence-electron chi connectivity index (χ4n) is 0.943. The Labute approximate surface area is 69.9 Å². The van der Waals surface area contributed by atoms with E-state index in [0.717, 1.165) is 26.2 Å². The van der Waals surface area contributed by atoms with Crippen LogP contribution in [0.25, 0.3) is 0 Å². The minimum absolute atomic E-state index is 0.199. The van der Waals surface area contributed by atoms with Crippen molar-refractivity contribution >= 4 is 0 Å². The number of methoxy groups -OCH3 is 1. The molecule has 0 N–H and O–H groups in total. The van der Waals surface area contributed by atoms with Crippen molar-refractivity contribution < 1.29 is 9.47 Å². The molecule has 0 aliphatic heterocycles. The Hall–Kier alpha value is -0.0800. The van der Waals surface area contributed by atoms with E-state index in [-0.39, 0.29) is 5.41 Å². The fourth-order valence-corrected chi connectivity index (χ4v) is 0.943. The molecule has 2 heteroatoms. The third kappa shape index (κ3) is 4.38. The third-order valence-electron chi connectivity index (χ3n) is 2.00. The lowest BCUT2D eigenvalue weighted by atomic mass is 9.90. The highest BCUT2D eigenvalue weighted by Crippen LogP contribution is 2.21. The Morgan fingerprint density at radius 1 is 1.18 bits per heavy atom. The van der Waals surface area contributed by atoms with Crippen LogP contribution in [-0.4, -0.2) is 26.9 Å². The molecule has 0 spiro atoms. The lowest BCUT2D eigenvalue weighted by Crippen LogP contribution is -2.27. The molecule has 0 saturated carbocycles. The summed E-state index contributed by atoms with van der Waals surface area (Å²) in [5.41, 5.74) is 0.199. The van der Waals surface area contributed by atoms with E-state index >= 15 is 0 Å². The largest absolute Gasteiger partial charge is 0.384 e. The predicted molar refractivity (Wildman–Crippen MR) is 46.8 cm³/mol. The van der Waals surface area contributed by atoms with Gasteiger partial charge in [0.2, 0.25) is 0 Å². The van der Waals surface area contributed by atoms with Crippen molar-refractivity contribution in [2.24, 2.45) is 5.41 Å². The Balaban J connectivity index is 3.68. The van der Waals surface area contributed by atoms with E-state index in [1.165, 1.54) is 0 Å². The van der Waals surface area contributed by atoms with Crippen LogP contribution >= 0.6 is 0 Å². The van der Waals surface area contributed by atoms with E-state index < -0.39 is 0 Å². The van der Waals surface area contributed by atoms with Gasteiger partial charge < -0.3 is 9.47 Å². The topological polar surface area (TPSA) is 18.5 Å². The first-order chi connectivity index (χ1) is 5.18. The highest BCUT2D eigenvalue weighted by atomic mass is 16.5. The Kier molecular flexibility index (Phi) is 5.51. The summed E-state index contributed by atoms with van der Waals surface area (Å²) in [4.78, 5) is 0. The molecule has 0 fully saturated rings. The summed E-state index contributed by atoms with van der Waals surface area (Å²) in [5.74, 6) is 0. The van der Waals surface area contributed by atoms with E-state index in [1.54, 1.807) is 7.11 Å². The third-order valence-corrected chi connectivity index (χ3v) is 2.00. The van der Waals surface area contributed by atoms with Gasteiger partial charge in [0.05, 0.1) is 13.2 Å². The SMILES string of the molecule is CCOCC(C)(CC)COC. The molecule has 0 radical (unpaired) electrons. The summed E-state index contributed by atoms with van der Waals surface area (Å²) in [6.07, 6.45) is 1.10. The monoisotopic (exact) mass is 160 g/mol. The molecule has 0 amide bonds. The first-order valence-corrected chi connectivity index (χ1v) is 4.25. The second-order valence-electron chi connectivity index (χ2n) is 3.23. The summed E-state index contributed by atoms with van der Waals surface area (Å²) < 4.78 is 10.5. The number of hydrogen-bond acceptors (Lipinski definition) is 2. The number of rotatable bonds is 6. The molecule has 0 aliphatic rings. The zero-order chi connectivity index (χ0) is 8.74. The minimum Gasteiger partial charge on any atom is -0.384 e. The van der Waals surface area contributed by atoms with Gasteiger partial charge in [-0.05, 0) is 13.3 Å². The summed E-state index contributed by atoms with van der Waals surface area (Å²) >= 11 is 0. The van der Waals surface area contributed by atoms with Gasteiger partial charge in [0.15, 0.2) is 0 Å². The van der Waals surface area contributed by atoms with Crippen LogP contribution in [0.5, 0.6) is 0 Å². The minimum atomic E-state index is 0.199. The lowest BCUT2D eigenvalue weighted by Gasteiger charge is -2.26. The highest BCUT2D eigenvalue weighted by Gasteiger charge is 2.21. The Morgan fingerprint density at radius 3 is 2.18 bits per heavy atom. The predicted octanol–water partition coefficient (Wildman–Crippen LogP) is 2.09. The Bertz CT molecular complexity index is 93.6. The van der Waals surface area contributed by atoms with Gasteiger partial charge in [0, 0.05) is 19.1 Å². The van der Waals surface area contributed by atoms with Gasteiger partial charge >= 0.3 is 0 Å². The van der Waals surface area contributed by atoms with E-state index in [0.29, 0.717) is 0 Å². The van der Waals surface area contributed by atoms with Crippen molar-refractivity contribution in [3.05, 3.63) is 0 Å². The molecule has 0 heterocycles. The molecule has 68 valence electrons. The molecule has 11 heavy (non-hydrogen) atoms. The van der Waals surface area contributed by atoms with Crippen LogP contribution in [0.4, 0.5) is 0 Å². The average molecular weight is 160 g/mol. The van der Waals surface area contributed by atoms with E-state index in [1.807, 2.05) is 6.92 Å². The zero-order valence-corrected chi connectivity index (χ0v) is 8.14. The van der Waals surface area contributed by atoms with Crippen molar-refractivity contribution in [3.63, 3.8) is 0 Å². The van der Waals surface area contributed by atoms with Gasteiger partial charge in [-0.25, -0.2) is 0 Å². The molecule has 1 unspecified atom stereocenters. The molecule has 0 saturated heterocycles. The van der Waals surface area contributed by atoms with Crippen LogP contribution in [0.3, 0.4) is 0 Å². The summed E-state index contributed by atoms with van der Waals surface area (Å²) in [7, 11) is 1.74. The smallest absolute Gasteiger partial charge is 0.0541 e. The maximum atomic E-state index is 5.36. The van der Waals surface area contributed by atoms with Crippen LogP contribution in [0, 0.1) is 5.41 Å². The standard InChI is InChI=1S/C9H20O2/c1-5-9(3,7-10-4)8-11-6-2/h5-8H2,1-4H3. The summed E-state index contributed by atoms with van der Waals surface area (Å²) in [6, 6.07) is 0. The molecule has 0 aromatic heterocycles. The molecule has 0 bridgehead atoms. The van der Waals surface area contributed by atoms with Gasteiger partial charge in [-0.15, -0.1) is 0 Å². The molecule has 0 aromatic rings. The van der Waals surface area contributed by atoms with Crippen LogP contribution in [-0.2, 0) is 9.47 Å². The molecule has 0 aliphatic carbocycles. The number of hydrogen-bond donors (Lipinski definition) is 0. The van der Waals surface area contributed by atoms with Crippen LogP contribution < -0.4 is 0 Å². The second-order valence-corrected chi connectivity index (χ2v) is 3.23. The van der Waals surface area contributed by atoms with E-state index in [9.17, 15) is 0 Å². The van der Waals surface area contributed by atoms with E-state index in [2.05, 4.69) is 13.8 Å². The molecular weight excluding hydrogens is 140 g/mol. The van der Waals surface area contributed by atoms with E-state index in [4.69, 9.17) is 9.47 Å². The van der Waals surface area contributed by atoms with Crippen molar-refractivity contribution in [2.45, 2.75) is 27.2 Å². The average Bonchev–Trinajstić information content (AvgIpc) is 2.02. The van der Waals surface area contributed by atoms with Gasteiger partial charge in [0.25, 0.3) is 0 Å². The fraction of sp³-hybridized carbons (Fsp3) is 1.00. The lowest BCUT2D eigenvalue weighted by molar-refractivity contribution is 0.00432. The first-order valence-electron chi connectivity index (χ1n) is 4.25. The maximum absolute atomic E-state index is 5.36. The maximum Gasteiger partial charge on any atom is 0.0541 e. The number of ether oxygens (including phenoxy) is 2. The van der Waals surface area contributed by atoms with Crippen molar-refractivity contribution in [1.29, 1.82) is 0 Å².